The van der Waals surface area contributed by atoms with Crippen LogP contribution in [-0.4, -0.2) is 18.1 Å². The van der Waals surface area contributed by atoms with Gasteiger partial charge >= 0.3 is 0 Å². The fourth-order valence-corrected chi connectivity index (χ4v) is 1.83. The lowest BCUT2D eigenvalue weighted by molar-refractivity contribution is 0.520. The highest BCUT2D eigenvalue weighted by Crippen LogP contribution is 2.09. The van der Waals surface area contributed by atoms with Crippen LogP contribution in [0.2, 0.25) is 0 Å². The molecule has 1 aliphatic rings. The predicted molar refractivity (Wildman–Crippen MR) is 75.2 cm³/mol. The van der Waals surface area contributed by atoms with Crippen molar-refractivity contribution in [2.45, 2.75) is 26.7 Å². The maximum atomic E-state index is 4.01. The fraction of sp³-hybridized carbons (Fsp3) is 0.400. The molecule has 2 aromatic rings. The molecule has 1 saturated heterocycles. The quantitative estimate of drug-likeness (QED) is 0.747. The summed E-state index contributed by atoms with van der Waals surface area (Å²) in [5, 5.41) is 5.73. The number of hydrogen-bond donors (Lipinski definition) is 1. The second kappa shape index (κ2) is 7.80. The van der Waals surface area contributed by atoms with Crippen molar-refractivity contribution in [3.05, 3.63) is 42.7 Å². The minimum absolute atomic E-state index is 0. The van der Waals surface area contributed by atoms with Crippen LogP contribution >= 0.6 is 0 Å². The SMILES string of the molecule is C.C1CCNCC1.c1ccc2cnccc2c1. The molecule has 2 heterocycles. The molecule has 0 amide bonds. The van der Waals surface area contributed by atoms with Gasteiger partial charge in [0.15, 0.2) is 0 Å². The number of fused-ring (bicyclic) bond motifs is 1. The molecule has 0 atom stereocenters. The molecule has 1 aliphatic heterocycles. The van der Waals surface area contributed by atoms with Crippen LogP contribution in [0.5, 0.6) is 0 Å². The molecule has 0 spiro atoms. The van der Waals surface area contributed by atoms with E-state index in [0.717, 1.165) is 0 Å². The Bertz CT molecular complexity index is 345. The highest BCUT2D eigenvalue weighted by molar-refractivity contribution is 5.80. The van der Waals surface area contributed by atoms with E-state index in [4.69, 9.17) is 0 Å². The third-order valence-electron chi connectivity index (χ3n) is 2.76. The molecule has 0 bridgehead atoms. The number of pyridine rings is 1. The first-order chi connectivity index (χ1) is 7.97. The van der Waals surface area contributed by atoms with Gasteiger partial charge in [-0.1, -0.05) is 38.1 Å². The van der Waals surface area contributed by atoms with Crippen molar-refractivity contribution >= 4 is 10.8 Å². The molecule has 3 rings (SSSR count). The van der Waals surface area contributed by atoms with Crippen molar-refractivity contribution < 1.29 is 0 Å². The zero-order valence-corrected chi connectivity index (χ0v) is 9.52. The van der Waals surface area contributed by atoms with E-state index in [0.29, 0.717) is 0 Å². The van der Waals surface area contributed by atoms with E-state index in [9.17, 15) is 0 Å². The highest BCUT2D eigenvalue weighted by Gasteiger charge is 1.93. The standard InChI is InChI=1S/C9H7N.C5H11N.CH4/c1-2-4-9-7-10-6-5-8(9)3-1;1-2-4-6-5-3-1;/h1-7H;6H,1-5H2;1H4. The summed E-state index contributed by atoms with van der Waals surface area (Å²) in [7, 11) is 0. The smallest absolute Gasteiger partial charge is 0.0346 e. The summed E-state index contributed by atoms with van der Waals surface area (Å²) in [6, 6.07) is 10.2. The van der Waals surface area contributed by atoms with Crippen molar-refractivity contribution in [2.75, 3.05) is 13.1 Å². The minimum Gasteiger partial charge on any atom is -0.317 e. The molecule has 1 N–H and O–H groups in total. The van der Waals surface area contributed by atoms with Crippen LogP contribution in [0.4, 0.5) is 0 Å². The molecule has 1 fully saturated rings. The summed E-state index contributed by atoms with van der Waals surface area (Å²) < 4.78 is 0. The van der Waals surface area contributed by atoms with E-state index in [1.54, 1.807) is 0 Å². The molecule has 0 radical (unpaired) electrons. The van der Waals surface area contributed by atoms with E-state index in [1.165, 1.54) is 43.1 Å². The van der Waals surface area contributed by atoms with Crippen molar-refractivity contribution in [1.29, 1.82) is 0 Å². The highest BCUT2D eigenvalue weighted by atomic mass is 14.9. The maximum Gasteiger partial charge on any atom is 0.0346 e. The van der Waals surface area contributed by atoms with Gasteiger partial charge in [-0.2, -0.15) is 0 Å². The molecule has 0 aliphatic carbocycles. The second-order valence-electron chi connectivity index (χ2n) is 4.03. The van der Waals surface area contributed by atoms with Crippen LogP contribution in [-0.2, 0) is 0 Å². The zero-order valence-electron chi connectivity index (χ0n) is 9.52. The zero-order chi connectivity index (χ0) is 11.1. The van der Waals surface area contributed by atoms with Gasteiger partial charge in [-0.15, -0.1) is 0 Å². The summed E-state index contributed by atoms with van der Waals surface area (Å²) in [6.45, 7) is 2.50. The van der Waals surface area contributed by atoms with Gasteiger partial charge < -0.3 is 5.32 Å². The van der Waals surface area contributed by atoms with Gasteiger partial charge in [0.05, 0.1) is 0 Å². The minimum atomic E-state index is 0. The monoisotopic (exact) mass is 230 g/mol. The van der Waals surface area contributed by atoms with Crippen molar-refractivity contribution in [3.8, 4) is 0 Å². The molecule has 0 unspecified atom stereocenters. The van der Waals surface area contributed by atoms with E-state index in [1.807, 2.05) is 30.6 Å². The van der Waals surface area contributed by atoms with E-state index in [2.05, 4.69) is 22.4 Å². The summed E-state index contributed by atoms with van der Waals surface area (Å²) in [5.74, 6) is 0. The van der Waals surface area contributed by atoms with Crippen LogP contribution < -0.4 is 5.32 Å². The Balaban J connectivity index is 0.000000180. The summed E-state index contributed by atoms with van der Waals surface area (Å²) in [4.78, 5) is 4.01. The Kier molecular flexibility index (Phi) is 6.26. The first-order valence-electron chi connectivity index (χ1n) is 5.96. The Morgan fingerprint density at radius 1 is 0.882 bits per heavy atom. The van der Waals surface area contributed by atoms with Crippen molar-refractivity contribution in [3.63, 3.8) is 0 Å². The summed E-state index contributed by atoms with van der Waals surface area (Å²) >= 11 is 0. The number of nitrogens with zero attached hydrogens (tertiary/aromatic N) is 1. The van der Waals surface area contributed by atoms with Gasteiger partial charge in [0, 0.05) is 12.4 Å². The van der Waals surface area contributed by atoms with Gasteiger partial charge in [0.1, 0.15) is 0 Å². The molecule has 2 heteroatoms. The molecule has 0 saturated carbocycles. The Hall–Kier alpha value is -1.41. The largest absolute Gasteiger partial charge is 0.317 e. The first kappa shape index (κ1) is 13.7. The number of benzene rings is 1. The Labute approximate surface area is 104 Å². The average molecular weight is 230 g/mol. The molecule has 17 heavy (non-hydrogen) atoms. The molecule has 1 aromatic heterocycles. The fourth-order valence-electron chi connectivity index (χ4n) is 1.83. The molecule has 92 valence electrons. The van der Waals surface area contributed by atoms with Crippen molar-refractivity contribution in [1.82, 2.24) is 10.3 Å². The third-order valence-corrected chi connectivity index (χ3v) is 2.76. The topological polar surface area (TPSA) is 24.9 Å². The molecule has 2 nitrogen and oxygen atoms in total. The average Bonchev–Trinajstić information content (AvgIpc) is 2.42. The summed E-state index contributed by atoms with van der Waals surface area (Å²) in [5.41, 5.74) is 0. The van der Waals surface area contributed by atoms with E-state index in [-0.39, 0.29) is 7.43 Å². The predicted octanol–water partition coefficient (Wildman–Crippen LogP) is 3.63. The number of nitrogens with one attached hydrogen (secondary N) is 1. The van der Waals surface area contributed by atoms with Gasteiger partial charge in [-0.3, -0.25) is 4.98 Å². The second-order valence-corrected chi connectivity index (χ2v) is 4.03. The van der Waals surface area contributed by atoms with E-state index >= 15 is 0 Å². The molecule has 1 aromatic carbocycles. The van der Waals surface area contributed by atoms with Crippen LogP contribution in [0.25, 0.3) is 10.8 Å². The van der Waals surface area contributed by atoms with Crippen LogP contribution in [0.15, 0.2) is 42.7 Å². The number of piperidine rings is 1. The lowest BCUT2D eigenvalue weighted by Gasteiger charge is -2.08. The van der Waals surface area contributed by atoms with Crippen molar-refractivity contribution in [2.24, 2.45) is 0 Å². The Morgan fingerprint density at radius 2 is 1.59 bits per heavy atom. The van der Waals surface area contributed by atoms with Gasteiger partial charge in [0.25, 0.3) is 0 Å². The van der Waals surface area contributed by atoms with E-state index < -0.39 is 0 Å². The number of rotatable bonds is 0. The van der Waals surface area contributed by atoms with Crippen LogP contribution in [0.1, 0.15) is 26.7 Å². The summed E-state index contributed by atoms with van der Waals surface area (Å²) in [6.07, 6.45) is 7.89. The lowest BCUT2D eigenvalue weighted by atomic mass is 10.2. The van der Waals surface area contributed by atoms with Crippen LogP contribution in [0.3, 0.4) is 0 Å². The number of hydrogen-bond acceptors (Lipinski definition) is 2. The molecular formula is C15H22N2. The number of aromatic nitrogens is 1. The van der Waals surface area contributed by atoms with Gasteiger partial charge in [-0.05, 0) is 42.8 Å². The first-order valence-corrected chi connectivity index (χ1v) is 5.96. The lowest BCUT2D eigenvalue weighted by Crippen LogP contribution is -2.21. The normalized spacial score (nSPS) is 14.4. The van der Waals surface area contributed by atoms with Gasteiger partial charge in [0.2, 0.25) is 0 Å². The molecular weight excluding hydrogens is 208 g/mol. The maximum absolute atomic E-state index is 4.01. The third kappa shape index (κ3) is 4.53. The van der Waals surface area contributed by atoms with Crippen LogP contribution in [0, 0.1) is 0 Å². The Morgan fingerprint density at radius 3 is 2.12 bits per heavy atom. The van der Waals surface area contributed by atoms with Gasteiger partial charge in [-0.25, -0.2) is 0 Å².